The molecule has 0 aliphatic carbocycles. The number of hydrogen-bond donors (Lipinski definition) is 1. The molecule has 0 radical (unpaired) electrons. The van der Waals surface area contributed by atoms with Crippen molar-refractivity contribution in [3.05, 3.63) is 63.7 Å². The lowest BCUT2D eigenvalue weighted by Gasteiger charge is -2.17. The van der Waals surface area contributed by atoms with Crippen LogP contribution in [0.5, 0.6) is 5.75 Å². The van der Waals surface area contributed by atoms with Crippen molar-refractivity contribution in [2.24, 2.45) is 0 Å². The summed E-state index contributed by atoms with van der Waals surface area (Å²) in [5.41, 5.74) is 4.60. The third kappa shape index (κ3) is 5.60. The molecule has 148 valence electrons. The Morgan fingerprint density at radius 2 is 1.79 bits per heavy atom. The Bertz CT molecular complexity index is 899. The van der Waals surface area contributed by atoms with Crippen LogP contribution in [0.4, 0.5) is 5.69 Å². The Hall–Kier alpha value is -2.79. The van der Waals surface area contributed by atoms with E-state index in [9.17, 15) is 9.59 Å². The van der Waals surface area contributed by atoms with Crippen molar-refractivity contribution in [2.45, 2.75) is 20.8 Å². The Morgan fingerprint density at radius 3 is 2.39 bits per heavy atom. The molecule has 6 heteroatoms. The van der Waals surface area contributed by atoms with E-state index in [1.54, 1.807) is 38.4 Å². The molecule has 0 aromatic heterocycles. The second kappa shape index (κ2) is 9.42. The fraction of sp³-hybridized carbons (Fsp3) is 0.273. The summed E-state index contributed by atoms with van der Waals surface area (Å²) in [6.07, 6.45) is 3.01. The molecule has 0 saturated carbocycles. The summed E-state index contributed by atoms with van der Waals surface area (Å²) in [7, 11) is 3.13. The number of amides is 2. The number of nitrogens with one attached hydrogen (secondary N) is 1. The van der Waals surface area contributed by atoms with E-state index in [1.165, 1.54) is 11.0 Å². The van der Waals surface area contributed by atoms with Crippen LogP contribution >= 0.6 is 11.6 Å². The van der Waals surface area contributed by atoms with Gasteiger partial charge in [0.15, 0.2) is 0 Å². The fourth-order valence-corrected chi connectivity index (χ4v) is 3.15. The van der Waals surface area contributed by atoms with Crippen molar-refractivity contribution < 1.29 is 14.3 Å². The maximum Gasteiger partial charge on any atom is 0.246 e. The number of halogens is 1. The van der Waals surface area contributed by atoms with E-state index in [4.69, 9.17) is 16.3 Å². The lowest BCUT2D eigenvalue weighted by atomic mass is 10.1. The summed E-state index contributed by atoms with van der Waals surface area (Å²) in [4.78, 5) is 26.1. The zero-order chi connectivity index (χ0) is 20.8. The summed E-state index contributed by atoms with van der Waals surface area (Å²) in [5, 5.41) is 3.44. The molecular weight excluding hydrogens is 376 g/mol. The molecule has 2 aromatic carbocycles. The van der Waals surface area contributed by atoms with Crippen LogP contribution in [0.25, 0.3) is 6.08 Å². The monoisotopic (exact) mass is 400 g/mol. The molecule has 0 heterocycles. The first kappa shape index (κ1) is 21.5. The predicted molar refractivity (Wildman–Crippen MR) is 114 cm³/mol. The Balaban J connectivity index is 2.02. The summed E-state index contributed by atoms with van der Waals surface area (Å²) in [6, 6.07) is 9.18. The molecule has 0 spiro atoms. The Kier molecular flexibility index (Phi) is 7.24. The summed E-state index contributed by atoms with van der Waals surface area (Å²) >= 11 is 6.00. The number of anilines is 1. The van der Waals surface area contributed by atoms with Crippen molar-refractivity contribution in [3.63, 3.8) is 0 Å². The van der Waals surface area contributed by atoms with E-state index in [0.717, 1.165) is 22.4 Å². The number of hydrogen-bond acceptors (Lipinski definition) is 3. The number of carbonyl (C=O) groups excluding carboxylic acids is 2. The number of likely N-dealkylation sites (N-methyl/N-ethyl adjacent to an activating group) is 1. The number of aryl methyl sites for hydroxylation is 3. The van der Waals surface area contributed by atoms with Gasteiger partial charge in [-0.1, -0.05) is 29.3 Å². The summed E-state index contributed by atoms with van der Waals surface area (Å²) in [6.45, 7) is 5.86. The van der Waals surface area contributed by atoms with Crippen molar-refractivity contribution in [1.82, 2.24) is 4.90 Å². The topological polar surface area (TPSA) is 58.6 Å². The molecule has 5 nitrogen and oxygen atoms in total. The lowest BCUT2D eigenvalue weighted by molar-refractivity contribution is -0.129. The van der Waals surface area contributed by atoms with Crippen molar-refractivity contribution >= 4 is 35.2 Å². The van der Waals surface area contributed by atoms with E-state index < -0.39 is 0 Å². The third-order valence-corrected chi connectivity index (χ3v) is 4.53. The minimum Gasteiger partial charge on any atom is -0.496 e. The maximum absolute atomic E-state index is 12.4. The van der Waals surface area contributed by atoms with Gasteiger partial charge in [0.2, 0.25) is 11.8 Å². The molecule has 0 atom stereocenters. The normalized spacial score (nSPS) is 10.8. The largest absolute Gasteiger partial charge is 0.496 e. The van der Waals surface area contributed by atoms with Gasteiger partial charge < -0.3 is 15.0 Å². The maximum atomic E-state index is 12.4. The van der Waals surface area contributed by atoms with Crippen molar-refractivity contribution in [1.29, 1.82) is 0 Å². The van der Waals surface area contributed by atoms with Crippen LogP contribution in [-0.2, 0) is 9.59 Å². The van der Waals surface area contributed by atoms with Gasteiger partial charge in [-0.05, 0) is 56.2 Å². The molecule has 2 amide bonds. The number of nitrogens with zero attached hydrogens (tertiary/aromatic N) is 1. The van der Waals surface area contributed by atoms with Crippen LogP contribution in [-0.4, -0.2) is 37.4 Å². The van der Waals surface area contributed by atoms with E-state index in [2.05, 4.69) is 5.32 Å². The zero-order valence-corrected chi connectivity index (χ0v) is 17.6. The van der Waals surface area contributed by atoms with Gasteiger partial charge in [-0.3, -0.25) is 9.59 Å². The average Bonchev–Trinajstić information content (AvgIpc) is 2.62. The van der Waals surface area contributed by atoms with E-state index in [-0.39, 0.29) is 18.4 Å². The first-order valence-corrected chi connectivity index (χ1v) is 9.23. The third-order valence-electron chi connectivity index (χ3n) is 4.30. The number of methoxy groups -OCH3 is 1. The molecule has 2 aromatic rings. The fourth-order valence-electron chi connectivity index (χ4n) is 2.97. The van der Waals surface area contributed by atoms with Gasteiger partial charge in [-0.25, -0.2) is 0 Å². The van der Waals surface area contributed by atoms with Crippen LogP contribution in [0.3, 0.4) is 0 Å². The molecular formula is C22H25ClN2O3. The van der Waals surface area contributed by atoms with Crippen LogP contribution in [0.15, 0.2) is 36.4 Å². The molecule has 0 bridgehead atoms. The highest BCUT2D eigenvalue weighted by molar-refractivity contribution is 6.30. The smallest absolute Gasteiger partial charge is 0.246 e. The average molecular weight is 401 g/mol. The van der Waals surface area contributed by atoms with Crippen LogP contribution in [0, 0.1) is 20.8 Å². The molecule has 0 saturated heterocycles. The molecule has 2 rings (SSSR count). The van der Waals surface area contributed by atoms with Crippen molar-refractivity contribution in [3.8, 4) is 5.75 Å². The number of ether oxygens (including phenoxy) is 1. The van der Waals surface area contributed by atoms with Gasteiger partial charge in [0.1, 0.15) is 5.75 Å². The Labute approximate surface area is 170 Å². The minimum absolute atomic E-state index is 0.0530. The SMILES string of the molecule is COc1ccc(Cl)cc1C=CC(=O)N(C)CC(=O)Nc1c(C)cc(C)cc1C. The van der Waals surface area contributed by atoms with Crippen molar-refractivity contribution in [2.75, 3.05) is 26.0 Å². The van der Waals surface area contributed by atoms with Gasteiger partial charge >= 0.3 is 0 Å². The first-order chi connectivity index (χ1) is 13.2. The first-order valence-electron chi connectivity index (χ1n) is 8.85. The highest BCUT2D eigenvalue weighted by atomic mass is 35.5. The number of rotatable bonds is 6. The Morgan fingerprint density at radius 1 is 1.14 bits per heavy atom. The highest BCUT2D eigenvalue weighted by Gasteiger charge is 2.13. The van der Waals surface area contributed by atoms with Gasteiger partial charge in [-0.2, -0.15) is 0 Å². The minimum atomic E-state index is -0.297. The van der Waals surface area contributed by atoms with E-state index in [0.29, 0.717) is 16.3 Å². The highest BCUT2D eigenvalue weighted by Crippen LogP contribution is 2.24. The molecule has 1 N–H and O–H groups in total. The number of carbonyl (C=O) groups is 2. The second-order valence-corrected chi connectivity index (χ2v) is 7.17. The van der Waals surface area contributed by atoms with E-state index in [1.807, 2.05) is 32.9 Å². The van der Waals surface area contributed by atoms with Crippen LogP contribution in [0.2, 0.25) is 5.02 Å². The van der Waals surface area contributed by atoms with Crippen LogP contribution in [0.1, 0.15) is 22.3 Å². The second-order valence-electron chi connectivity index (χ2n) is 6.74. The predicted octanol–water partition coefficient (Wildman–Crippen LogP) is 4.38. The molecule has 28 heavy (non-hydrogen) atoms. The summed E-state index contributed by atoms with van der Waals surface area (Å²) < 4.78 is 5.26. The van der Waals surface area contributed by atoms with Gasteiger partial charge in [-0.15, -0.1) is 0 Å². The quantitative estimate of drug-likeness (QED) is 0.732. The summed E-state index contributed by atoms with van der Waals surface area (Å²) in [5.74, 6) is 0.0633. The van der Waals surface area contributed by atoms with E-state index >= 15 is 0 Å². The van der Waals surface area contributed by atoms with Gasteiger partial charge in [0.25, 0.3) is 0 Å². The molecule has 0 aliphatic heterocycles. The molecule has 0 unspecified atom stereocenters. The standard InChI is InChI=1S/C22H25ClN2O3/c1-14-10-15(2)22(16(3)11-14)24-20(26)13-25(4)21(27)9-6-17-12-18(23)7-8-19(17)28-5/h6-12H,13H2,1-5H3,(H,24,26). The molecule has 0 aliphatic rings. The van der Waals surface area contributed by atoms with Gasteiger partial charge in [0, 0.05) is 29.4 Å². The lowest BCUT2D eigenvalue weighted by Crippen LogP contribution is -2.34. The number of benzene rings is 2. The van der Waals surface area contributed by atoms with Crippen LogP contribution < -0.4 is 10.1 Å². The zero-order valence-electron chi connectivity index (χ0n) is 16.8. The molecule has 0 fully saturated rings. The van der Waals surface area contributed by atoms with Gasteiger partial charge in [0.05, 0.1) is 13.7 Å².